The molecule has 0 aliphatic carbocycles. The molecule has 8 heteroatoms. The van der Waals surface area contributed by atoms with Crippen molar-refractivity contribution < 1.29 is 14.7 Å². The predicted molar refractivity (Wildman–Crippen MR) is 69.0 cm³/mol. The van der Waals surface area contributed by atoms with Crippen LogP contribution in [0.25, 0.3) is 0 Å². The summed E-state index contributed by atoms with van der Waals surface area (Å²) in [6, 6.07) is 3.14. The van der Waals surface area contributed by atoms with Crippen molar-refractivity contribution in [1.29, 1.82) is 0 Å². The monoisotopic (exact) mass is 277 g/mol. The number of aromatic nitrogens is 4. The minimum atomic E-state index is -1.05. The molecule has 2 aromatic heterocycles. The Hall–Kier alpha value is -2.64. The van der Waals surface area contributed by atoms with Gasteiger partial charge >= 0.3 is 5.97 Å². The summed E-state index contributed by atoms with van der Waals surface area (Å²) in [5, 5.41) is 19.4. The molecule has 1 unspecified atom stereocenters. The molecule has 2 heterocycles. The van der Waals surface area contributed by atoms with Gasteiger partial charge in [-0.25, -0.2) is 4.68 Å². The van der Waals surface area contributed by atoms with Crippen LogP contribution in [0.3, 0.4) is 0 Å². The quantitative estimate of drug-likeness (QED) is 0.772. The number of rotatable bonds is 6. The molecular weight excluding hydrogens is 262 g/mol. The number of nitrogens with zero attached hydrogens (tertiary/aromatic N) is 4. The molecule has 20 heavy (non-hydrogen) atoms. The SMILES string of the molecule is CC(Cn1cccn1)NC(=O)c1ccnn1CC(=O)O. The van der Waals surface area contributed by atoms with Gasteiger partial charge in [0.25, 0.3) is 5.91 Å². The fourth-order valence-electron chi connectivity index (χ4n) is 1.81. The third-order valence-corrected chi connectivity index (χ3v) is 2.63. The number of hydrogen-bond acceptors (Lipinski definition) is 4. The maximum absolute atomic E-state index is 12.1. The third kappa shape index (κ3) is 3.44. The molecule has 1 amide bonds. The van der Waals surface area contributed by atoms with E-state index in [0.29, 0.717) is 6.54 Å². The molecule has 0 saturated heterocycles. The van der Waals surface area contributed by atoms with Crippen LogP contribution in [0.5, 0.6) is 0 Å². The summed E-state index contributed by atoms with van der Waals surface area (Å²) in [6.45, 7) is 2.03. The zero-order valence-corrected chi connectivity index (χ0v) is 10.9. The van der Waals surface area contributed by atoms with Crippen molar-refractivity contribution in [1.82, 2.24) is 24.9 Å². The number of aliphatic carboxylic acids is 1. The Labute approximate surface area is 115 Å². The number of carboxylic acid groups (broad SMARTS) is 1. The number of carbonyl (C=O) groups excluding carboxylic acids is 1. The third-order valence-electron chi connectivity index (χ3n) is 2.63. The van der Waals surface area contributed by atoms with Crippen LogP contribution in [0.15, 0.2) is 30.7 Å². The van der Waals surface area contributed by atoms with E-state index in [-0.39, 0.29) is 24.2 Å². The lowest BCUT2D eigenvalue weighted by molar-refractivity contribution is -0.137. The molecule has 2 aromatic rings. The summed E-state index contributed by atoms with van der Waals surface area (Å²) in [7, 11) is 0. The predicted octanol–water partition coefficient (Wildman–Crippen LogP) is -0.0173. The molecule has 0 fully saturated rings. The van der Waals surface area contributed by atoms with E-state index >= 15 is 0 Å². The maximum atomic E-state index is 12.1. The molecule has 106 valence electrons. The minimum Gasteiger partial charge on any atom is -0.480 e. The van der Waals surface area contributed by atoms with Gasteiger partial charge in [0, 0.05) is 24.6 Å². The van der Waals surface area contributed by atoms with Crippen molar-refractivity contribution in [2.24, 2.45) is 0 Å². The van der Waals surface area contributed by atoms with Crippen molar-refractivity contribution in [3.05, 3.63) is 36.4 Å². The molecule has 2 rings (SSSR count). The Balaban J connectivity index is 1.97. The van der Waals surface area contributed by atoms with Crippen LogP contribution >= 0.6 is 0 Å². The standard InChI is InChI=1S/C12H15N5O3/c1-9(7-16-6-2-4-13-16)15-12(20)10-3-5-14-17(10)8-11(18)19/h2-6,9H,7-8H2,1H3,(H,15,20)(H,18,19). The fraction of sp³-hybridized carbons (Fsp3) is 0.333. The Kier molecular flexibility index (Phi) is 4.14. The van der Waals surface area contributed by atoms with E-state index in [1.54, 1.807) is 23.1 Å². The molecule has 0 saturated carbocycles. The van der Waals surface area contributed by atoms with Crippen LogP contribution in [0.4, 0.5) is 0 Å². The molecule has 8 nitrogen and oxygen atoms in total. The molecule has 0 aromatic carbocycles. The Morgan fingerprint density at radius 2 is 2.20 bits per heavy atom. The molecule has 0 bridgehead atoms. The van der Waals surface area contributed by atoms with Crippen molar-refractivity contribution in [3.8, 4) is 0 Å². The van der Waals surface area contributed by atoms with Crippen LogP contribution in [-0.4, -0.2) is 42.6 Å². The first-order valence-electron chi connectivity index (χ1n) is 6.08. The largest absolute Gasteiger partial charge is 0.480 e. The normalized spacial score (nSPS) is 12.1. The number of nitrogens with one attached hydrogen (secondary N) is 1. The number of amides is 1. The van der Waals surface area contributed by atoms with Gasteiger partial charge in [0.15, 0.2) is 0 Å². The highest BCUT2D eigenvalue weighted by atomic mass is 16.4. The van der Waals surface area contributed by atoms with E-state index in [2.05, 4.69) is 15.5 Å². The van der Waals surface area contributed by atoms with E-state index in [9.17, 15) is 9.59 Å². The number of hydrogen-bond donors (Lipinski definition) is 2. The van der Waals surface area contributed by atoms with Crippen LogP contribution < -0.4 is 5.32 Å². The van der Waals surface area contributed by atoms with Gasteiger partial charge in [-0.15, -0.1) is 0 Å². The summed E-state index contributed by atoms with van der Waals surface area (Å²) in [5.41, 5.74) is 0.222. The minimum absolute atomic E-state index is 0.143. The Morgan fingerprint density at radius 1 is 1.40 bits per heavy atom. The summed E-state index contributed by atoms with van der Waals surface area (Å²) < 4.78 is 2.86. The number of carbonyl (C=O) groups is 2. The van der Waals surface area contributed by atoms with Gasteiger partial charge in [0.2, 0.25) is 0 Å². The lowest BCUT2D eigenvalue weighted by Crippen LogP contribution is -2.37. The maximum Gasteiger partial charge on any atom is 0.325 e. The van der Waals surface area contributed by atoms with Gasteiger partial charge in [-0.05, 0) is 19.1 Å². The van der Waals surface area contributed by atoms with Gasteiger partial charge in [-0.1, -0.05) is 0 Å². The van der Waals surface area contributed by atoms with E-state index in [1.165, 1.54) is 12.3 Å². The van der Waals surface area contributed by atoms with Crippen molar-refractivity contribution in [2.45, 2.75) is 26.1 Å². The highest BCUT2D eigenvalue weighted by Crippen LogP contribution is 2.00. The first kappa shape index (κ1) is 13.8. The van der Waals surface area contributed by atoms with Crippen LogP contribution in [0, 0.1) is 0 Å². The second-order valence-electron chi connectivity index (χ2n) is 4.37. The van der Waals surface area contributed by atoms with Crippen molar-refractivity contribution in [2.75, 3.05) is 0 Å². The molecule has 0 aliphatic rings. The molecule has 0 radical (unpaired) electrons. The highest BCUT2D eigenvalue weighted by molar-refractivity contribution is 5.93. The fourth-order valence-corrected chi connectivity index (χ4v) is 1.81. The second kappa shape index (κ2) is 6.00. The molecule has 0 aliphatic heterocycles. The zero-order valence-electron chi connectivity index (χ0n) is 10.9. The van der Waals surface area contributed by atoms with Gasteiger partial charge in [0.05, 0.1) is 6.54 Å². The zero-order chi connectivity index (χ0) is 14.5. The first-order chi connectivity index (χ1) is 9.56. The van der Waals surface area contributed by atoms with E-state index in [1.807, 2.05) is 6.92 Å². The van der Waals surface area contributed by atoms with Crippen molar-refractivity contribution >= 4 is 11.9 Å². The Bertz CT molecular complexity index is 590. The van der Waals surface area contributed by atoms with E-state index in [4.69, 9.17) is 5.11 Å². The number of carboxylic acids is 1. The molecule has 0 spiro atoms. The summed E-state index contributed by atoms with van der Waals surface area (Å²) in [5.74, 6) is -1.41. The molecule has 2 N–H and O–H groups in total. The smallest absolute Gasteiger partial charge is 0.325 e. The van der Waals surface area contributed by atoms with E-state index < -0.39 is 5.97 Å². The summed E-state index contributed by atoms with van der Waals surface area (Å²) in [4.78, 5) is 22.7. The summed E-state index contributed by atoms with van der Waals surface area (Å²) in [6.07, 6.45) is 4.86. The topological polar surface area (TPSA) is 102 Å². The van der Waals surface area contributed by atoms with Gasteiger partial charge in [0.1, 0.15) is 12.2 Å². The Morgan fingerprint density at radius 3 is 2.85 bits per heavy atom. The average molecular weight is 277 g/mol. The highest BCUT2D eigenvalue weighted by Gasteiger charge is 2.16. The van der Waals surface area contributed by atoms with Crippen LogP contribution in [-0.2, 0) is 17.9 Å². The molecule has 1 atom stereocenters. The van der Waals surface area contributed by atoms with Crippen molar-refractivity contribution in [3.63, 3.8) is 0 Å². The van der Waals surface area contributed by atoms with Gasteiger partial charge < -0.3 is 10.4 Å². The van der Waals surface area contributed by atoms with Gasteiger partial charge in [-0.2, -0.15) is 10.2 Å². The first-order valence-corrected chi connectivity index (χ1v) is 6.08. The van der Waals surface area contributed by atoms with Crippen LogP contribution in [0.2, 0.25) is 0 Å². The second-order valence-corrected chi connectivity index (χ2v) is 4.37. The lowest BCUT2D eigenvalue weighted by Gasteiger charge is -2.14. The molecular formula is C12H15N5O3. The van der Waals surface area contributed by atoms with Crippen LogP contribution in [0.1, 0.15) is 17.4 Å². The lowest BCUT2D eigenvalue weighted by atomic mass is 10.3. The summed E-state index contributed by atoms with van der Waals surface area (Å²) >= 11 is 0. The van der Waals surface area contributed by atoms with E-state index in [0.717, 1.165) is 4.68 Å². The van der Waals surface area contributed by atoms with Gasteiger partial charge in [-0.3, -0.25) is 14.3 Å². The average Bonchev–Trinajstić information content (AvgIpc) is 2.99.